The van der Waals surface area contributed by atoms with Crippen molar-refractivity contribution in [3.63, 3.8) is 0 Å². The van der Waals surface area contributed by atoms with E-state index in [0.717, 1.165) is 11.4 Å². The highest BCUT2D eigenvalue weighted by Gasteiger charge is 2.08. The zero-order valence-corrected chi connectivity index (χ0v) is 13.5. The number of halogens is 1. The normalized spacial score (nSPS) is 10.4. The summed E-state index contributed by atoms with van der Waals surface area (Å²) in [7, 11) is 0. The minimum Gasteiger partial charge on any atom is -0.395 e. The molecule has 0 bridgehead atoms. The van der Waals surface area contributed by atoms with Gasteiger partial charge in [-0.2, -0.15) is 4.98 Å². The van der Waals surface area contributed by atoms with E-state index in [4.69, 9.17) is 16.7 Å². The second-order valence-electron chi connectivity index (χ2n) is 4.96. The van der Waals surface area contributed by atoms with Gasteiger partial charge in [0.05, 0.1) is 18.0 Å². The predicted molar refractivity (Wildman–Crippen MR) is 95.6 cm³/mol. The number of aliphatic hydroxyl groups is 1. The van der Waals surface area contributed by atoms with E-state index in [9.17, 15) is 0 Å². The number of benzene rings is 1. The molecule has 6 nitrogen and oxygen atoms in total. The van der Waals surface area contributed by atoms with Gasteiger partial charge in [0.25, 0.3) is 0 Å². The van der Waals surface area contributed by atoms with Crippen LogP contribution in [-0.2, 0) is 0 Å². The zero-order chi connectivity index (χ0) is 16.8. The van der Waals surface area contributed by atoms with E-state index >= 15 is 0 Å². The Morgan fingerprint density at radius 2 is 1.83 bits per heavy atom. The van der Waals surface area contributed by atoms with Gasteiger partial charge in [0, 0.05) is 29.5 Å². The second kappa shape index (κ2) is 7.72. The number of nitrogens with zero attached hydrogens (tertiary/aromatic N) is 3. The van der Waals surface area contributed by atoms with E-state index in [1.54, 1.807) is 18.3 Å². The van der Waals surface area contributed by atoms with Crippen molar-refractivity contribution in [3.8, 4) is 11.4 Å². The van der Waals surface area contributed by atoms with Crippen molar-refractivity contribution in [3.05, 3.63) is 59.8 Å². The molecule has 0 unspecified atom stereocenters. The summed E-state index contributed by atoms with van der Waals surface area (Å²) in [6, 6.07) is 14.8. The van der Waals surface area contributed by atoms with E-state index in [-0.39, 0.29) is 6.61 Å². The summed E-state index contributed by atoms with van der Waals surface area (Å²) in [6.45, 7) is 0.364. The van der Waals surface area contributed by atoms with Gasteiger partial charge in [0.15, 0.2) is 0 Å². The number of aliphatic hydroxyl groups excluding tert-OH is 1. The molecule has 2 aromatic heterocycles. The Hall–Kier alpha value is -2.70. The van der Waals surface area contributed by atoms with Crippen LogP contribution in [0.25, 0.3) is 11.4 Å². The topological polar surface area (TPSA) is 83.0 Å². The molecule has 0 atom stereocenters. The van der Waals surface area contributed by atoms with Crippen LogP contribution in [0.2, 0.25) is 5.02 Å². The summed E-state index contributed by atoms with van der Waals surface area (Å²) >= 11 is 5.91. The van der Waals surface area contributed by atoms with Gasteiger partial charge in [-0.15, -0.1) is 0 Å². The fraction of sp³-hybridized carbons (Fsp3) is 0.118. The molecule has 0 aliphatic heterocycles. The number of anilines is 3. The molecule has 2 heterocycles. The fourth-order valence-electron chi connectivity index (χ4n) is 2.08. The molecular formula is C17H16ClN5O. The molecule has 1 aromatic carbocycles. The van der Waals surface area contributed by atoms with Crippen LogP contribution in [-0.4, -0.2) is 33.2 Å². The molecule has 0 saturated carbocycles. The monoisotopic (exact) mass is 341 g/mol. The second-order valence-corrected chi connectivity index (χ2v) is 5.40. The summed E-state index contributed by atoms with van der Waals surface area (Å²) in [4.78, 5) is 13.2. The van der Waals surface area contributed by atoms with Gasteiger partial charge in [-0.05, 0) is 36.4 Å². The molecule has 0 spiro atoms. The van der Waals surface area contributed by atoms with Crippen LogP contribution < -0.4 is 10.6 Å². The maximum atomic E-state index is 8.99. The fourth-order valence-corrected chi connectivity index (χ4v) is 2.21. The summed E-state index contributed by atoms with van der Waals surface area (Å²) in [5.74, 6) is 1.04. The number of rotatable bonds is 6. The SMILES string of the molecule is OCCNc1nc(Nc2ccc(Cl)cc2)cc(-c2ccccn2)n1. The van der Waals surface area contributed by atoms with Crippen LogP contribution in [0.5, 0.6) is 0 Å². The number of pyridine rings is 1. The minimum atomic E-state index is -0.00286. The molecule has 0 amide bonds. The maximum Gasteiger partial charge on any atom is 0.225 e. The molecule has 0 radical (unpaired) electrons. The number of hydrogen-bond acceptors (Lipinski definition) is 6. The molecule has 122 valence electrons. The molecule has 7 heteroatoms. The van der Waals surface area contributed by atoms with E-state index in [1.165, 1.54) is 0 Å². The first-order valence-corrected chi connectivity index (χ1v) is 7.80. The largest absolute Gasteiger partial charge is 0.395 e. The number of hydrogen-bond donors (Lipinski definition) is 3. The lowest BCUT2D eigenvalue weighted by Crippen LogP contribution is -2.10. The van der Waals surface area contributed by atoms with Crippen LogP contribution >= 0.6 is 11.6 Å². The van der Waals surface area contributed by atoms with Gasteiger partial charge in [0.1, 0.15) is 5.82 Å². The third-order valence-electron chi connectivity index (χ3n) is 3.17. The molecule has 24 heavy (non-hydrogen) atoms. The Bertz CT molecular complexity index is 796. The first-order chi connectivity index (χ1) is 11.7. The number of aromatic nitrogens is 3. The van der Waals surface area contributed by atoms with Crippen molar-refractivity contribution in [1.82, 2.24) is 15.0 Å². The van der Waals surface area contributed by atoms with Crippen LogP contribution in [0.15, 0.2) is 54.7 Å². The summed E-state index contributed by atoms with van der Waals surface area (Å²) < 4.78 is 0. The molecule has 3 N–H and O–H groups in total. The summed E-state index contributed by atoms with van der Waals surface area (Å²) in [6.07, 6.45) is 1.71. The minimum absolute atomic E-state index is 0.00286. The maximum absolute atomic E-state index is 8.99. The molecule has 3 rings (SSSR count). The summed E-state index contributed by atoms with van der Waals surface area (Å²) in [5.41, 5.74) is 2.28. The lowest BCUT2D eigenvalue weighted by molar-refractivity contribution is 0.311. The molecule has 0 aliphatic carbocycles. The van der Waals surface area contributed by atoms with Crippen LogP contribution in [0.4, 0.5) is 17.5 Å². The van der Waals surface area contributed by atoms with Gasteiger partial charge >= 0.3 is 0 Å². The quantitative estimate of drug-likeness (QED) is 0.638. The van der Waals surface area contributed by atoms with Gasteiger partial charge < -0.3 is 15.7 Å². The van der Waals surface area contributed by atoms with E-state index in [1.807, 2.05) is 36.4 Å². The van der Waals surface area contributed by atoms with Crippen molar-refractivity contribution >= 4 is 29.1 Å². The van der Waals surface area contributed by atoms with Gasteiger partial charge in [-0.25, -0.2) is 4.98 Å². The van der Waals surface area contributed by atoms with E-state index < -0.39 is 0 Å². The Kier molecular flexibility index (Phi) is 5.20. The van der Waals surface area contributed by atoms with Crippen LogP contribution in [0.1, 0.15) is 0 Å². The lowest BCUT2D eigenvalue weighted by atomic mass is 10.2. The molecular weight excluding hydrogens is 326 g/mol. The van der Waals surface area contributed by atoms with Crippen molar-refractivity contribution in [2.75, 3.05) is 23.8 Å². The van der Waals surface area contributed by atoms with E-state index in [2.05, 4.69) is 25.6 Å². The Balaban J connectivity index is 1.93. The Labute approximate surface area is 144 Å². The average molecular weight is 342 g/mol. The summed E-state index contributed by atoms with van der Waals surface area (Å²) in [5, 5.41) is 15.9. The van der Waals surface area contributed by atoms with Crippen LogP contribution in [0, 0.1) is 0 Å². The molecule has 0 aliphatic rings. The first-order valence-electron chi connectivity index (χ1n) is 7.42. The number of nitrogens with one attached hydrogen (secondary N) is 2. The average Bonchev–Trinajstić information content (AvgIpc) is 2.62. The highest BCUT2D eigenvalue weighted by Crippen LogP contribution is 2.23. The van der Waals surface area contributed by atoms with Gasteiger partial charge in [-0.1, -0.05) is 17.7 Å². The van der Waals surface area contributed by atoms with E-state index in [0.29, 0.717) is 29.0 Å². The van der Waals surface area contributed by atoms with Crippen molar-refractivity contribution in [1.29, 1.82) is 0 Å². The van der Waals surface area contributed by atoms with Crippen molar-refractivity contribution in [2.24, 2.45) is 0 Å². The highest BCUT2D eigenvalue weighted by atomic mass is 35.5. The first kappa shape index (κ1) is 16.2. The molecule has 0 saturated heterocycles. The highest BCUT2D eigenvalue weighted by molar-refractivity contribution is 6.30. The van der Waals surface area contributed by atoms with Gasteiger partial charge in [0.2, 0.25) is 5.95 Å². The third kappa shape index (κ3) is 4.18. The molecule has 3 aromatic rings. The Morgan fingerprint density at radius 1 is 1.00 bits per heavy atom. The van der Waals surface area contributed by atoms with Crippen molar-refractivity contribution < 1.29 is 5.11 Å². The Morgan fingerprint density at radius 3 is 2.54 bits per heavy atom. The zero-order valence-electron chi connectivity index (χ0n) is 12.8. The standard InChI is InChI=1S/C17H16ClN5O/c18-12-4-6-13(7-5-12)21-16-11-15(14-3-1-2-8-19-14)22-17(23-16)20-9-10-24/h1-8,11,24H,9-10H2,(H2,20,21,22,23). The van der Waals surface area contributed by atoms with Crippen LogP contribution in [0.3, 0.4) is 0 Å². The molecule has 0 fully saturated rings. The van der Waals surface area contributed by atoms with Gasteiger partial charge in [-0.3, -0.25) is 4.98 Å². The predicted octanol–water partition coefficient (Wildman–Crippen LogP) is 3.34. The third-order valence-corrected chi connectivity index (χ3v) is 3.42. The van der Waals surface area contributed by atoms with Crippen molar-refractivity contribution in [2.45, 2.75) is 0 Å². The lowest BCUT2D eigenvalue weighted by Gasteiger charge is -2.11. The smallest absolute Gasteiger partial charge is 0.225 e.